The number of aromatic nitrogens is 1. The lowest BCUT2D eigenvalue weighted by Gasteiger charge is -2.22. The largest absolute Gasteiger partial charge is 0.352 e. The van der Waals surface area contributed by atoms with Crippen molar-refractivity contribution in [3.63, 3.8) is 0 Å². The van der Waals surface area contributed by atoms with Gasteiger partial charge >= 0.3 is 0 Å². The molecule has 2 aromatic carbocycles. The summed E-state index contributed by atoms with van der Waals surface area (Å²) in [5.41, 5.74) is 3.33. The third-order valence-electron chi connectivity index (χ3n) is 3.88. The van der Waals surface area contributed by atoms with E-state index in [-0.39, 0.29) is 11.9 Å². The highest BCUT2D eigenvalue weighted by Gasteiger charge is 2.15. The van der Waals surface area contributed by atoms with E-state index in [1.807, 2.05) is 42.5 Å². The van der Waals surface area contributed by atoms with E-state index in [2.05, 4.69) is 15.6 Å². The molecule has 1 aromatic heterocycles. The van der Waals surface area contributed by atoms with Crippen molar-refractivity contribution in [3.05, 3.63) is 95.6 Å². The molecule has 0 unspecified atom stereocenters. The van der Waals surface area contributed by atoms with Crippen LogP contribution in [0.5, 0.6) is 0 Å². The van der Waals surface area contributed by atoms with Gasteiger partial charge in [0.1, 0.15) is 5.82 Å². The molecule has 126 valence electrons. The molecule has 5 heteroatoms. The number of nitrogens with zero attached hydrogens (tertiary/aromatic N) is 1. The van der Waals surface area contributed by atoms with Crippen molar-refractivity contribution in [2.45, 2.75) is 13.0 Å². The molecule has 0 spiro atoms. The second-order valence-corrected chi connectivity index (χ2v) is 6.09. The Kier molecular flexibility index (Phi) is 5.36. The summed E-state index contributed by atoms with van der Waals surface area (Å²) in [5, 5.41) is 6.77. The Hall–Kier alpha value is -2.79. The monoisotopic (exact) mass is 351 g/mol. The average Bonchev–Trinajstić information content (AvgIpc) is 2.64. The zero-order valence-corrected chi connectivity index (χ0v) is 14.6. The van der Waals surface area contributed by atoms with Crippen molar-refractivity contribution < 1.29 is 4.39 Å². The molecule has 3 aromatic rings. The molecule has 3 rings (SSSR count). The lowest BCUT2D eigenvalue weighted by atomic mass is 10.00. The first-order chi connectivity index (χ1) is 12.1. The quantitative estimate of drug-likeness (QED) is 0.673. The first-order valence-electron chi connectivity index (χ1n) is 7.92. The third kappa shape index (κ3) is 4.39. The SMILES string of the molecule is Cc1ccc(NC(=S)N[C@H](c2ccccc2)c2ccncc2)cc1F. The van der Waals surface area contributed by atoms with Crippen LogP contribution in [0.2, 0.25) is 0 Å². The molecule has 1 heterocycles. The lowest BCUT2D eigenvalue weighted by molar-refractivity contribution is 0.619. The van der Waals surface area contributed by atoms with E-state index in [4.69, 9.17) is 12.2 Å². The van der Waals surface area contributed by atoms with E-state index in [1.165, 1.54) is 6.07 Å². The van der Waals surface area contributed by atoms with E-state index in [9.17, 15) is 4.39 Å². The molecule has 0 bridgehead atoms. The molecule has 0 aliphatic carbocycles. The Bertz CT molecular complexity index is 814. The summed E-state index contributed by atoms with van der Waals surface area (Å²) in [6, 6.07) is 18.7. The van der Waals surface area contributed by atoms with Crippen LogP contribution < -0.4 is 10.6 Å². The van der Waals surface area contributed by atoms with Crippen LogP contribution in [0.25, 0.3) is 0 Å². The molecule has 0 radical (unpaired) electrons. The van der Waals surface area contributed by atoms with E-state index >= 15 is 0 Å². The van der Waals surface area contributed by atoms with Gasteiger partial charge in [-0.1, -0.05) is 36.4 Å². The summed E-state index contributed by atoms with van der Waals surface area (Å²) in [4.78, 5) is 4.07. The number of benzene rings is 2. The number of halogens is 1. The number of hydrogen-bond acceptors (Lipinski definition) is 2. The minimum Gasteiger partial charge on any atom is -0.352 e. The number of anilines is 1. The van der Waals surface area contributed by atoms with Gasteiger partial charge in [0.2, 0.25) is 0 Å². The molecule has 0 saturated carbocycles. The standard InChI is InChI=1S/C20H18FN3S/c1-14-7-8-17(13-18(14)21)23-20(25)24-19(15-5-3-2-4-6-15)16-9-11-22-12-10-16/h2-13,19H,1H3,(H2,23,24,25)/t19-/m1/s1. The Labute approximate surface area is 151 Å². The van der Waals surface area contributed by atoms with Gasteiger partial charge in [-0.15, -0.1) is 0 Å². The second kappa shape index (κ2) is 7.85. The van der Waals surface area contributed by atoms with Gasteiger partial charge in [-0.25, -0.2) is 4.39 Å². The van der Waals surface area contributed by atoms with Crippen LogP contribution in [0.1, 0.15) is 22.7 Å². The van der Waals surface area contributed by atoms with Crippen molar-refractivity contribution >= 4 is 23.0 Å². The summed E-state index contributed by atoms with van der Waals surface area (Å²) in [7, 11) is 0. The number of thiocarbonyl (C=S) groups is 1. The van der Waals surface area contributed by atoms with Gasteiger partial charge in [0.05, 0.1) is 6.04 Å². The smallest absolute Gasteiger partial charge is 0.171 e. The summed E-state index contributed by atoms with van der Waals surface area (Å²) in [5.74, 6) is -0.262. The predicted molar refractivity (Wildman–Crippen MR) is 103 cm³/mol. The van der Waals surface area contributed by atoms with Crippen molar-refractivity contribution in [3.8, 4) is 0 Å². The molecule has 0 fully saturated rings. The number of nitrogens with one attached hydrogen (secondary N) is 2. The van der Waals surface area contributed by atoms with Crippen LogP contribution in [-0.4, -0.2) is 10.1 Å². The van der Waals surface area contributed by atoms with Gasteiger partial charge in [-0.2, -0.15) is 0 Å². The number of hydrogen-bond donors (Lipinski definition) is 2. The molecule has 2 N–H and O–H groups in total. The zero-order chi connectivity index (χ0) is 17.6. The number of aryl methyl sites for hydroxylation is 1. The van der Waals surface area contributed by atoms with E-state index in [0.717, 1.165) is 11.1 Å². The molecule has 0 amide bonds. The Morgan fingerprint density at radius 1 is 1.00 bits per heavy atom. The van der Waals surface area contributed by atoms with Crippen LogP contribution in [0, 0.1) is 12.7 Å². The van der Waals surface area contributed by atoms with Gasteiger partial charge in [-0.05, 0) is 60.1 Å². The van der Waals surface area contributed by atoms with Gasteiger partial charge in [0, 0.05) is 18.1 Å². The third-order valence-corrected chi connectivity index (χ3v) is 4.10. The molecule has 0 saturated heterocycles. The number of rotatable bonds is 4. The number of pyridine rings is 1. The minimum absolute atomic E-state index is 0.125. The van der Waals surface area contributed by atoms with Crippen molar-refractivity contribution in [2.75, 3.05) is 5.32 Å². The fourth-order valence-electron chi connectivity index (χ4n) is 2.53. The highest BCUT2D eigenvalue weighted by Crippen LogP contribution is 2.22. The van der Waals surface area contributed by atoms with Crippen molar-refractivity contribution in [1.29, 1.82) is 0 Å². The molecular weight excluding hydrogens is 333 g/mol. The Morgan fingerprint density at radius 3 is 2.36 bits per heavy atom. The van der Waals surface area contributed by atoms with Gasteiger partial charge in [0.25, 0.3) is 0 Å². The van der Waals surface area contributed by atoms with Crippen molar-refractivity contribution in [1.82, 2.24) is 10.3 Å². The summed E-state index contributed by atoms with van der Waals surface area (Å²) < 4.78 is 13.7. The second-order valence-electron chi connectivity index (χ2n) is 5.69. The van der Waals surface area contributed by atoms with Crippen LogP contribution in [0.15, 0.2) is 73.1 Å². The molecule has 0 aliphatic rings. The molecule has 3 nitrogen and oxygen atoms in total. The van der Waals surface area contributed by atoms with Crippen LogP contribution >= 0.6 is 12.2 Å². The first kappa shape index (κ1) is 17.0. The van der Waals surface area contributed by atoms with Gasteiger partial charge < -0.3 is 10.6 Å². The summed E-state index contributed by atoms with van der Waals surface area (Å²) >= 11 is 5.43. The topological polar surface area (TPSA) is 37.0 Å². The zero-order valence-electron chi connectivity index (χ0n) is 13.7. The fourth-order valence-corrected chi connectivity index (χ4v) is 2.77. The van der Waals surface area contributed by atoms with Gasteiger partial charge in [0.15, 0.2) is 5.11 Å². The Balaban J connectivity index is 1.80. The van der Waals surface area contributed by atoms with E-state index in [1.54, 1.807) is 31.5 Å². The molecule has 25 heavy (non-hydrogen) atoms. The molecule has 0 aliphatic heterocycles. The maximum atomic E-state index is 13.7. The summed E-state index contributed by atoms with van der Waals surface area (Å²) in [6.45, 7) is 1.73. The Morgan fingerprint density at radius 2 is 1.68 bits per heavy atom. The first-order valence-corrected chi connectivity index (χ1v) is 8.33. The molecular formula is C20H18FN3S. The normalized spacial score (nSPS) is 11.6. The predicted octanol–water partition coefficient (Wildman–Crippen LogP) is 4.61. The fraction of sp³-hybridized carbons (Fsp3) is 0.100. The highest BCUT2D eigenvalue weighted by molar-refractivity contribution is 7.80. The van der Waals surface area contributed by atoms with E-state index < -0.39 is 0 Å². The minimum atomic E-state index is -0.262. The maximum Gasteiger partial charge on any atom is 0.171 e. The van der Waals surface area contributed by atoms with Crippen molar-refractivity contribution in [2.24, 2.45) is 0 Å². The van der Waals surface area contributed by atoms with Gasteiger partial charge in [-0.3, -0.25) is 4.98 Å². The average molecular weight is 351 g/mol. The lowest BCUT2D eigenvalue weighted by Crippen LogP contribution is -2.33. The van der Waals surface area contributed by atoms with E-state index in [0.29, 0.717) is 16.4 Å². The highest BCUT2D eigenvalue weighted by atomic mass is 32.1. The van der Waals surface area contributed by atoms with Crippen LogP contribution in [0.3, 0.4) is 0 Å². The molecule has 1 atom stereocenters. The van der Waals surface area contributed by atoms with Crippen LogP contribution in [-0.2, 0) is 0 Å². The van der Waals surface area contributed by atoms with Crippen LogP contribution in [0.4, 0.5) is 10.1 Å². The summed E-state index contributed by atoms with van der Waals surface area (Å²) in [6.07, 6.45) is 3.50. The maximum absolute atomic E-state index is 13.7.